The Hall–Kier alpha value is -3.68. The predicted molar refractivity (Wildman–Crippen MR) is 137 cm³/mol. The van der Waals surface area contributed by atoms with Gasteiger partial charge >= 0.3 is 0 Å². The first-order valence-electron chi connectivity index (χ1n) is 10.6. The van der Waals surface area contributed by atoms with Crippen LogP contribution in [0.25, 0.3) is 6.08 Å². The van der Waals surface area contributed by atoms with E-state index >= 15 is 0 Å². The van der Waals surface area contributed by atoms with Crippen molar-refractivity contribution in [3.8, 4) is 5.75 Å². The lowest BCUT2D eigenvalue weighted by Gasteiger charge is -2.20. The summed E-state index contributed by atoms with van der Waals surface area (Å²) >= 11 is 7.51. The second kappa shape index (κ2) is 9.29. The van der Waals surface area contributed by atoms with Gasteiger partial charge in [0.15, 0.2) is 5.84 Å². The summed E-state index contributed by atoms with van der Waals surface area (Å²) in [5.74, 6) is 0.216. The Morgan fingerprint density at radius 1 is 1.03 bits per heavy atom. The molecule has 5 rings (SSSR count). The summed E-state index contributed by atoms with van der Waals surface area (Å²) in [5, 5.41) is 15.9. The zero-order chi connectivity index (χ0) is 23.7. The van der Waals surface area contributed by atoms with Crippen molar-refractivity contribution in [1.82, 2.24) is 5.01 Å². The highest BCUT2D eigenvalue weighted by Gasteiger charge is 2.36. The van der Waals surface area contributed by atoms with E-state index in [0.29, 0.717) is 21.0 Å². The van der Waals surface area contributed by atoms with E-state index in [2.05, 4.69) is 10.1 Å². The smallest absolute Gasteiger partial charge is 0.283 e. The van der Waals surface area contributed by atoms with E-state index in [9.17, 15) is 4.79 Å². The number of benzene rings is 3. The van der Waals surface area contributed by atoms with Crippen LogP contribution in [0.15, 0.2) is 94.5 Å². The topological polar surface area (TPSA) is 78.1 Å². The number of hydrazone groups is 1. The lowest BCUT2D eigenvalue weighted by molar-refractivity contribution is -0.114. The molecule has 3 aromatic carbocycles. The van der Waals surface area contributed by atoms with Gasteiger partial charge in [0.2, 0.25) is 5.17 Å². The minimum Gasteiger partial charge on any atom is -0.486 e. The van der Waals surface area contributed by atoms with Crippen molar-refractivity contribution < 1.29 is 9.53 Å². The number of carbonyl (C=O) groups is 1. The number of amides is 1. The first-order valence-corrected chi connectivity index (χ1v) is 11.8. The fourth-order valence-electron chi connectivity index (χ4n) is 3.54. The van der Waals surface area contributed by atoms with E-state index < -0.39 is 5.91 Å². The summed E-state index contributed by atoms with van der Waals surface area (Å²) in [4.78, 5) is 16.8. The Morgan fingerprint density at radius 3 is 2.47 bits per heavy atom. The standard InChI is InChI=1S/C26H19ClN4O2S/c1-16(18-7-3-2-4-8-18)33-19-13-11-17(12-14-19)15-21-23(28)31-26(29-24(21)32)34-25(30-31)20-9-5-6-10-22(20)27/h2-16,28H,1H3/b21-15-,28-23?/t16-/m0/s1. The first kappa shape index (κ1) is 22.1. The van der Waals surface area contributed by atoms with Crippen molar-refractivity contribution >= 4 is 51.4 Å². The van der Waals surface area contributed by atoms with Crippen molar-refractivity contribution in [3.05, 3.63) is 106 Å². The number of thioether (sulfide) groups is 1. The second-order valence-electron chi connectivity index (χ2n) is 7.64. The van der Waals surface area contributed by atoms with Gasteiger partial charge in [-0.2, -0.15) is 15.1 Å². The number of ether oxygens (including phenoxy) is 1. The summed E-state index contributed by atoms with van der Waals surface area (Å²) in [7, 11) is 0. The summed E-state index contributed by atoms with van der Waals surface area (Å²) < 4.78 is 6.02. The number of aliphatic imine (C=N–C) groups is 1. The zero-order valence-electron chi connectivity index (χ0n) is 18.1. The lowest BCUT2D eigenvalue weighted by atomic mass is 10.1. The van der Waals surface area contributed by atoms with Crippen LogP contribution in [0, 0.1) is 5.41 Å². The maximum atomic E-state index is 12.7. The molecule has 0 bridgehead atoms. The molecule has 2 aliphatic rings. The Labute approximate surface area is 206 Å². The van der Waals surface area contributed by atoms with Crippen molar-refractivity contribution in [1.29, 1.82) is 5.41 Å². The van der Waals surface area contributed by atoms with E-state index in [4.69, 9.17) is 21.7 Å². The molecule has 1 amide bonds. The molecule has 34 heavy (non-hydrogen) atoms. The molecule has 1 atom stereocenters. The molecule has 0 spiro atoms. The van der Waals surface area contributed by atoms with Crippen LogP contribution in [0.5, 0.6) is 5.75 Å². The lowest BCUT2D eigenvalue weighted by Crippen LogP contribution is -2.35. The molecule has 8 heteroatoms. The number of carbonyl (C=O) groups excluding carboxylic acids is 1. The van der Waals surface area contributed by atoms with Crippen LogP contribution >= 0.6 is 23.4 Å². The Bertz CT molecular complexity index is 1370. The number of hydrogen-bond donors (Lipinski definition) is 1. The van der Waals surface area contributed by atoms with E-state index in [1.165, 1.54) is 16.8 Å². The van der Waals surface area contributed by atoms with E-state index in [1.807, 2.05) is 79.7 Å². The predicted octanol–water partition coefficient (Wildman–Crippen LogP) is 6.15. The summed E-state index contributed by atoms with van der Waals surface area (Å²) in [6.07, 6.45) is 1.55. The van der Waals surface area contributed by atoms with E-state index in [1.54, 1.807) is 12.1 Å². The van der Waals surface area contributed by atoms with Crippen LogP contribution in [0.1, 0.15) is 29.7 Å². The summed E-state index contributed by atoms with van der Waals surface area (Å²) in [5.41, 5.74) is 2.75. The molecule has 0 saturated heterocycles. The third-order valence-electron chi connectivity index (χ3n) is 5.33. The largest absolute Gasteiger partial charge is 0.486 e. The first-order chi connectivity index (χ1) is 16.5. The van der Waals surface area contributed by atoms with Gasteiger partial charge in [-0.1, -0.05) is 72.3 Å². The highest BCUT2D eigenvalue weighted by atomic mass is 35.5. The summed E-state index contributed by atoms with van der Waals surface area (Å²) in [6.45, 7) is 1.99. The molecule has 0 saturated carbocycles. The number of amidine groups is 2. The van der Waals surface area contributed by atoms with Gasteiger partial charge in [-0.3, -0.25) is 10.2 Å². The maximum absolute atomic E-state index is 12.7. The maximum Gasteiger partial charge on any atom is 0.283 e. The fraction of sp³-hybridized carbons (Fsp3) is 0.0769. The van der Waals surface area contributed by atoms with Crippen LogP contribution in [-0.4, -0.2) is 27.0 Å². The van der Waals surface area contributed by atoms with Gasteiger partial charge in [-0.05, 0) is 54.1 Å². The Balaban J connectivity index is 1.35. The number of rotatable bonds is 5. The Morgan fingerprint density at radius 2 is 1.74 bits per heavy atom. The molecule has 0 fully saturated rings. The molecule has 2 aliphatic heterocycles. The minimum absolute atomic E-state index is 0.0254. The molecule has 1 N–H and O–H groups in total. The highest BCUT2D eigenvalue weighted by molar-refractivity contribution is 8.27. The van der Waals surface area contributed by atoms with Gasteiger partial charge in [-0.25, -0.2) is 0 Å². The molecule has 6 nitrogen and oxygen atoms in total. The zero-order valence-corrected chi connectivity index (χ0v) is 19.7. The molecule has 0 aromatic heterocycles. The van der Waals surface area contributed by atoms with Crippen molar-refractivity contribution in [2.24, 2.45) is 10.1 Å². The highest BCUT2D eigenvalue weighted by Crippen LogP contribution is 2.33. The quantitative estimate of drug-likeness (QED) is 0.439. The number of nitrogens with one attached hydrogen (secondary N) is 1. The molecule has 0 radical (unpaired) electrons. The number of halogens is 1. The molecule has 0 unspecified atom stereocenters. The third kappa shape index (κ3) is 4.40. The van der Waals surface area contributed by atoms with Crippen LogP contribution < -0.4 is 4.74 Å². The van der Waals surface area contributed by atoms with Gasteiger partial charge in [0.25, 0.3) is 5.91 Å². The fourth-order valence-corrected chi connectivity index (χ4v) is 4.75. The van der Waals surface area contributed by atoms with Gasteiger partial charge in [0.05, 0.1) is 10.6 Å². The van der Waals surface area contributed by atoms with Gasteiger partial charge < -0.3 is 4.74 Å². The van der Waals surface area contributed by atoms with Crippen LogP contribution in [0.4, 0.5) is 0 Å². The SMILES string of the molecule is C[C@H](Oc1ccc(/C=C2/C(=N)N3N=C(c4ccccc4Cl)SC3=NC2=O)cc1)c1ccccc1. The molecular formula is C26H19ClN4O2S. The molecule has 0 aliphatic carbocycles. The van der Waals surface area contributed by atoms with E-state index in [-0.39, 0.29) is 17.5 Å². The molecule has 3 aromatic rings. The van der Waals surface area contributed by atoms with Gasteiger partial charge in [-0.15, -0.1) is 0 Å². The van der Waals surface area contributed by atoms with Crippen LogP contribution in [0.2, 0.25) is 5.02 Å². The third-order valence-corrected chi connectivity index (χ3v) is 6.60. The van der Waals surface area contributed by atoms with E-state index in [0.717, 1.165) is 16.7 Å². The van der Waals surface area contributed by atoms with Crippen molar-refractivity contribution in [2.75, 3.05) is 0 Å². The van der Waals surface area contributed by atoms with Gasteiger partial charge in [0, 0.05) is 5.56 Å². The van der Waals surface area contributed by atoms with Crippen molar-refractivity contribution in [3.63, 3.8) is 0 Å². The summed E-state index contributed by atoms with van der Waals surface area (Å²) in [6, 6.07) is 24.7. The Kier molecular flexibility index (Phi) is 6.04. The normalized spacial score (nSPS) is 17.4. The number of fused-ring (bicyclic) bond motifs is 1. The minimum atomic E-state index is -0.475. The second-order valence-corrected chi connectivity index (χ2v) is 9.01. The number of hydrogen-bond acceptors (Lipinski definition) is 5. The number of nitrogens with zero attached hydrogens (tertiary/aromatic N) is 3. The van der Waals surface area contributed by atoms with Crippen LogP contribution in [-0.2, 0) is 4.79 Å². The molecular weight excluding hydrogens is 468 g/mol. The molecule has 168 valence electrons. The average Bonchev–Trinajstić information content (AvgIpc) is 3.27. The monoisotopic (exact) mass is 486 g/mol. The van der Waals surface area contributed by atoms with Gasteiger partial charge in [0.1, 0.15) is 16.9 Å². The van der Waals surface area contributed by atoms with Crippen molar-refractivity contribution in [2.45, 2.75) is 13.0 Å². The average molecular weight is 487 g/mol. The van der Waals surface area contributed by atoms with Crippen LogP contribution in [0.3, 0.4) is 0 Å². The molecule has 2 heterocycles.